The van der Waals surface area contributed by atoms with E-state index in [9.17, 15) is 24.0 Å². The zero-order chi connectivity index (χ0) is 48.1. The Balaban J connectivity index is 1.18. The molecule has 4 aromatic carbocycles. The second-order valence-corrected chi connectivity index (χ2v) is 24.6. The van der Waals surface area contributed by atoms with Crippen LogP contribution >= 0.6 is 18.0 Å². The molecule has 0 bridgehead atoms. The number of fused-ring (bicyclic) bond motifs is 3. The number of carbonyl (C=O) groups excluding carboxylic acids is 5. The van der Waals surface area contributed by atoms with E-state index in [-0.39, 0.29) is 31.6 Å². The van der Waals surface area contributed by atoms with E-state index in [1.165, 1.54) is 15.0 Å². The number of carbonyl (C=O) groups is 5. The van der Waals surface area contributed by atoms with Crippen LogP contribution in [0.4, 0.5) is 9.59 Å². The molecule has 0 heterocycles. The van der Waals surface area contributed by atoms with E-state index in [0.717, 1.165) is 33.4 Å². The van der Waals surface area contributed by atoms with Crippen molar-refractivity contribution >= 4 is 70.5 Å². The predicted molar refractivity (Wildman–Crippen MR) is 265 cm³/mol. The Hall–Kier alpha value is -4.74. The van der Waals surface area contributed by atoms with E-state index in [0.29, 0.717) is 18.8 Å². The van der Waals surface area contributed by atoms with Gasteiger partial charge in [0.25, 0.3) is 0 Å². The van der Waals surface area contributed by atoms with E-state index in [1.54, 1.807) is 41.5 Å². The van der Waals surface area contributed by atoms with Gasteiger partial charge in [-0.3, -0.25) is 14.5 Å². The minimum atomic E-state index is -1.14. The molecule has 0 spiro atoms. The first-order valence-electron chi connectivity index (χ1n) is 22.3. The second-order valence-electron chi connectivity index (χ2n) is 18.3. The minimum Gasteiger partial charge on any atom is -0.449 e. The van der Waals surface area contributed by atoms with Crippen LogP contribution in [0.1, 0.15) is 96.9 Å². The van der Waals surface area contributed by atoms with Crippen LogP contribution in [0.3, 0.4) is 0 Å². The summed E-state index contributed by atoms with van der Waals surface area (Å²) in [7, 11) is 0. The van der Waals surface area contributed by atoms with E-state index >= 15 is 0 Å². The van der Waals surface area contributed by atoms with Crippen molar-refractivity contribution in [1.29, 1.82) is 0 Å². The Kier molecular flexibility index (Phi) is 19.3. The Morgan fingerprint density at radius 1 is 0.712 bits per heavy atom. The van der Waals surface area contributed by atoms with Gasteiger partial charge in [0.2, 0.25) is 11.8 Å². The molecule has 0 aromatic heterocycles. The molecule has 0 radical (unpaired) electrons. The fraction of sp³-hybridized carbons (Fsp3) is 0.431. The summed E-state index contributed by atoms with van der Waals surface area (Å²) in [5.74, 6) is -1.64. The topological polar surface area (TPSA) is 162 Å². The van der Waals surface area contributed by atoms with Crippen LogP contribution in [0.15, 0.2) is 97.1 Å². The number of amides is 4. The molecule has 0 unspecified atom stereocenters. The van der Waals surface area contributed by atoms with Crippen LogP contribution in [-0.4, -0.2) is 97.1 Å². The van der Waals surface area contributed by atoms with Crippen molar-refractivity contribution in [3.63, 3.8) is 0 Å². The molecule has 1 aliphatic rings. The molecule has 0 saturated carbocycles. The van der Waals surface area contributed by atoms with Crippen LogP contribution in [0.2, 0.25) is 0 Å². The number of nitrogens with zero attached hydrogens (tertiary/aromatic N) is 1. The normalized spacial score (nSPS) is 13.9. The number of benzene rings is 4. The molecule has 0 aliphatic heterocycles. The molecule has 15 heteroatoms. The number of nitrogens with one attached hydrogen (secondary N) is 3. The van der Waals surface area contributed by atoms with Crippen molar-refractivity contribution in [2.45, 2.75) is 118 Å². The van der Waals surface area contributed by atoms with Crippen molar-refractivity contribution in [3.8, 4) is 16.9 Å². The summed E-state index contributed by atoms with van der Waals surface area (Å²) in [4.78, 5) is 69.4. The molecule has 4 aromatic rings. The maximum Gasteiger partial charge on any atom is 0.407 e. The summed E-state index contributed by atoms with van der Waals surface area (Å²) < 4.78 is 24.5. The third-order valence-corrected chi connectivity index (χ3v) is 17.2. The van der Waals surface area contributed by atoms with Crippen LogP contribution in [0.25, 0.3) is 11.1 Å². The first kappa shape index (κ1) is 52.2. The summed E-state index contributed by atoms with van der Waals surface area (Å²) in [6.45, 7) is 16.2. The monoisotopic (exact) mass is 1210 g/mol. The van der Waals surface area contributed by atoms with Gasteiger partial charge in [-0.1, -0.05) is 76.2 Å². The van der Waals surface area contributed by atoms with Crippen molar-refractivity contribution in [1.82, 2.24) is 20.9 Å². The predicted octanol–water partition coefficient (Wildman–Crippen LogP) is 8.21. The number of hydrogen-bond donors (Lipinski definition) is 3. The van der Waals surface area contributed by atoms with Crippen LogP contribution < -0.4 is 23.9 Å². The van der Waals surface area contributed by atoms with Gasteiger partial charge >= 0.3 is 147 Å². The Bertz CT molecular complexity index is 2240. The van der Waals surface area contributed by atoms with Gasteiger partial charge < -0.3 is 25.4 Å². The first-order chi connectivity index (χ1) is 31.3. The van der Waals surface area contributed by atoms with Crippen molar-refractivity contribution < 1.29 is 42.9 Å². The molecule has 4 atom stereocenters. The van der Waals surface area contributed by atoms with Crippen LogP contribution in [-0.2, 0) is 41.8 Å². The molecule has 13 nitrogen and oxygen atoms in total. The second kappa shape index (κ2) is 24.3. The molecule has 0 saturated heterocycles. The largest absolute Gasteiger partial charge is 0.449 e. The third kappa shape index (κ3) is 15.1. The summed E-state index contributed by atoms with van der Waals surface area (Å²) in [6, 6.07) is 28.0. The maximum atomic E-state index is 14.0. The zero-order valence-corrected chi connectivity index (χ0v) is 44.6. The smallest absolute Gasteiger partial charge is 0.407 e. The number of esters is 1. The Morgan fingerprint density at radius 2 is 1.29 bits per heavy atom. The molecule has 0 fully saturated rings. The summed E-state index contributed by atoms with van der Waals surface area (Å²) >= 11 is 2.03. The fourth-order valence-corrected chi connectivity index (χ4v) is 11.1. The fourth-order valence-electron chi connectivity index (χ4n) is 7.58. The summed E-state index contributed by atoms with van der Waals surface area (Å²) in [5.41, 5.74) is 5.31. The molecule has 4 amide bonds. The van der Waals surface area contributed by atoms with Crippen LogP contribution in [0, 0.1) is 11.8 Å². The number of alkyl carbamates (subject to hydrolysis) is 1. The average molecular weight is 1210 g/mol. The quantitative estimate of drug-likeness (QED) is 0.0450. The van der Waals surface area contributed by atoms with Gasteiger partial charge in [0.1, 0.15) is 30.3 Å². The molecule has 1 aliphatic carbocycles. The van der Waals surface area contributed by atoms with Gasteiger partial charge in [-0.2, -0.15) is 0 Å². The van der Waals surface area contributed by atoms with Gasteiger partial charge in [0, 0.05) is 12.5 Å². The molecular formula is C51H63IN4O9Po. The van der Waals surface area contributed by atoms with Gasteiger partial charge in [-0.15, -0.1) is 0 Å². The van der Waals surface area contributed by atoms with E-state index < -0.39 is 85.0 Å². The number of hydrogen-bond acceptors (Lipinski definition) is 9. The van der Waals surface area contributed by atoms with Crippen molar-refractivity contribution in [2.24, 2.45) is 11.8 Å². The van der Waals surface area contributed by atoms with E-state index in [4.69, 9.17) is 18.9 Å². The van der Waals surface area contributed by atoms with Crippen LogP contribution in [0.5, 0.6) is 5.75 Å². The van der Waals surface area contributed by atoms with Crippen molar-refractivity contribution in [3.05, 3.63) is 119 Å². The molecule has 5 rings (SSSR count). The number of halogens is 1. The van der Waals surface area contributed by atoms with Gasteiger partial charge in [-0.05, 0) is 75.1 Å². The Morgan fingerprint density at radius 3 is 1.85 bits per heavy atom. The average Bonchev–Trinajstić information content (AvgIpc) is 3.60. The maximum absolute atomic E-state index is 14.0. The molecule has 354 valence electrons. The SMILES string of the molecule is CC(C)C[C@@H](CN(C(=O)OC(C)(C)C)[C@@H](C)C(=O)N[C@H](C(=O)N[C@@H](C)C(=O)OCc1ccc(OCc2cc[c]([Po][I])cc2)cc1)C(C)C)NC(=O)OCC1c2ccccc2-c2ccccc21. The minimum absolute atomic E-state index is 0.0158. The Labute approximate surface area is 410 Å². The van der Waals surface area contributed by atoms with Gasteiger partial charge in [0.15, 0.2) is 0 Å². The van der Waals surface area contributed by atoms with Crippen molar-refractivity contribution in [2.75, 3.05) is 13.2 Å². The van der Waals surface area contributed by atoms with E-state index in [1.807, 2.05) is 74.5 Å². The standard InChI is InChI=1S/C51H63N4O9.HI.Po/c1-32(2)27-38(53-49(59)63-31-44-42-21-15-13-19-40(42)41-20-14-16-22-43(41)44)28-55(50(60)64-51(7,8)9)35(6)46(56)54-45(33(3)4)47(57)52-34(5)48(58)62-30-37-23-25-39(26-24-37)61-29-36-17-11-10-12-18-36;;/h11-26,32-35,38,44-45H,27-31H2,1-9H3,(H,52,57)(H,53,59)(H,54,56);1H;/q;;+1/p-1/t34-,35-,38-,45-;;/m0../s1. The summed E-state index contributed by atoms with van der Waals surface area (Å²) in [5, 5.41) is 8.43. The number of rotatable bonds is 20. The molecule has 66 heavy (non-hydrogen) atoms. The van der Waals surface area contributed by atoms with Gasteiger partial charge in [-0.25, -0.2) is 14.4 Å². The molecular weight excluding hydrogens is 1150 g/mol. The molecule has 3 N–H and O–H groups in total. The third-order valence-electron chi connectivity index (χ3n) is 11.0. The van der Waals surface area contributed by atoms with E-state index in [2.05, 4.69) is 70.3 Å². The zero-order valence-electron chi connectivity index (χ0n) is 39.2. The van der Waals surface area contributed by atoms with Gasteiger partial charge in [0.05, 0.1) is 6.04 Å². The summed E-state index contributed by atoms with van der Waals surface area (Å²) in [6.07, 6.45) is -0.963. The number of ether oxygens (including phenoxy) is 4. The first-order valence-corrected chi connectivity index (χ1v) is 32.8.